The zero-order valence-electron chi connectivity index (χ0n) is 20.4. The molecule has 2 saturated carbocycles. The molecule has 36 heavy (non-hydrogen) atoms. The zero-order valence-corrected chi connectivity index (χ0v) is 20.4. The van der Waals surface area contributed by atoms with Gasteiger partial charge in [0.05, 0.1) is 17.7 Å². The van der Waals surface area contributed by atoms with Gasteiger partial charge in [-0.25, -0.2) is 0 Å². The smallest absolute Gasteiger partial charge is 0.381 e. The van der Waals surface area contributed by atoms with E-state index in [9.17, 15) is 31.1 Å². The summed E-state index contributed by atoms with van der Waals surface area (Å²) < 4.78 is 84.7. The fraction of sp³-hybridized carbons (Fsp3) is 0.731. The first-order chi connectivity index (χ1) is 17.0. The van der Waals surface area contributed by atoms with Crippen molar-refractivity contribution in [3.8, 4) is 0 Å². The van der Waals surface area contributed by atoms with Crippen LogP contribution in [0.25, 0.3) is 0 Å². The van der Waals surface area contributed by atoms with Crippen LogP contribution in [0.4, 0.5) is 26.3 Å². The SMILES string of the molecule is CCCC1C[C@@H](NC2CCOCC2C2CC2)C[C@H]1C(=O)NCc1cc(C(F)(F)F)cc(C(F)(F)F)c1. The average Bonchev–Trinajstić information content (AvgIpc) is 3.58. The molecule has 0 radical (unpaired) electrons. The van der Waals surface area contributed by atoms with Gasteiger partial charge < -0.3 is 15.4 Å². The van der Waals surface area contributed by atoms with Gasteiger partial charge in [0.15, 0.2) is 0 Å². The molecule has 202 valence electrons. The number of nitrogens with one attached hydrogen (secondary N) is 2. The van der Waals surface area contributed by atoms with Gasteiger partial charge in [-0.2, -0.15) is 26.3 Å². The van der Waals surface area contributed by atoms with E-state index in [2.05, 4.69) is 10.6 Å². The minimum Gasteiger partial charge on any atom is -0.381 e. The summed E-state index contributed by atoms with van der Waals surface area (Å²) in [6.07, 6.45) is -3.26. The largest absolute Gasteiger partial charge is 0.416 e. The van der Waals surface area contributed by atoms with Crippen LogP contribution in [-0.4, -0.2) is 31.2 Å². The Hall–Kier alpha value is -1.81. The number of hydrogen-bond acceptors (Lipinski definition) is 3. The van der Waals surface area contributed by atoms with Crippen LogP contribution in [0.3, 0.4) is 0 Å². The topological polar surface area (TPSA) is 50.4 Å². The van der Waals surface area contributed by atoms with Gasteiger partial charge in [-0.1, -0.05) is 13.3 Å². The number of halogens is 6. The van der Waals surface area contributed by atoms with Crippen LogP contribution in [-0.2, 0) is 28.4 Å². The minimum absolute atomic E-state index is 0.0983. The number of alkyl halides is 6. The lowest BCUT2D eigenvalue weighted by molar-refractivity contribution is -0.143. The molecule has 3 aliphatic rings. The van der Waals surface area contributed by atoms with Gasteiger partial charge >= 0.3 is 12.4 Å². The van der Waals surface area contributed by atoms with E-state index in [0.29, 0.717) is 43.0 Å². The maximum absolute atomic E-state index is 13.2. The highest BCUT2D eigenvalue weighted by atomic mass is 19.4. The highest BCUT2D eigenvalue weighted by molar-refractivity contribution is 5.79. The minimum atomic E-state index is -4.92. The van der Waals surface area contributed by atoms with Gasteiger partial charge in [-0.3, -0.25) is 4.79 Å². The molecule has 1 aromatic rings. The molecule has 4 nitrogen and oxygen atoms in total. The van der Waals surface area contributed by atoms with Crippen LogP contribution in [0.15, 0.2) is 18.2 Å². The van der Waals surface area contributed by atoms with Crippen LogP contribution in [0.1, 0.15) is 68.6 Å². The van der Waals surface area contributed by atoms with Crippen molar-refractivity contribution in [3.63, 3.8) is 0 Å². The molecular formula is C26H34F6N2O2. The number of amides is 1. The predicted octanol–water partition coefficient (Wildman–Crippen LogP) is 5.94. The summed E-state index contributed by atoms with van der Waals surface area (Å²) in [5.74, 6) is 0.673. The molecule has 5 atom stereocenters. The van der Waals surface area contributed by atoms with Crippen molar-refractivity contribution < 1.29 is 35.9 Å². The van der Waals surface area contributed by atoms with Gasteiger partial charge in [0.2, 0.25) is 5.91 Å². The van der Waals surface area contributed by atoms with Gasteiger partial charge in [-0.05, 0) is 74.1 Å². The lowest BCUT2D eigenvalue weighted by Crippen LogP contribution is -2.47. The number of hydrogen-bond donors (Lipinski definition) is 2. The monoisotopic (exact) mass is 520 g/mol. The van der Waals surface area contributed by atoms with Crippen LogP contribution < -0.4 is 10.6 Å². The zero-order chi connectivity index (χ0) is 26.1. The number of carbonyl (C=O) groups is 1. The lowest BCUT2D eigenvalue weighted by atomic mass is 9.90. The Morgan fingerprint density at radius 3 is 2.25 bits per heavy atom. The summed E-state index contributed by atoms with van der Waals surface area (Å²) in [5, 5.41) is 6.40. The van der Waals surface area contributed by atoms with E-state index in [1.807, 2.05) is 6.92 Å². The first-order valence-corrected chi connectivity index (χ1v) is 12.9. The Morgan fingerprint density at radius 1 is 1.00 bits per heavy atom. The summed E-state index contributed by atoms with van der Waals surface area (Å²) in [6, 6.07) is 1.95. The maximum atomic E-state index is 13.2. The molecule has 4 rings (SSSR count). The first kappa shape index (κ1) is 27.2. The van der Waals surface area contributed by atoms with Crippen molar-refractivity contribution >= 4 is 5.91 Å². The van der Waals surface area contributed by atoms with E-state index in [1.54, 1.807) is 0 Å². The maximum Gasteiger partial charge on any atom is 0.416 e. The Morgan fingerprint density at radius 2 is 1.67 bits per heavy atom. The third-order valence-corrected chi connectivity index (χ3v) is 7.88. The number of rotatable bonds is 8. The van der Waals surface area contributed by atoms with Crippen LogP contribution in [0, 0.1) is 23.7 Å². The van der Waals surface area contributed by atoms with E-state index in [4.69, 9.17) is 4.74 Å². The van der Waals surface area contributed by atoms with Gasteiger partial charge in [0.1, 0.15) is 0 Å². The molecule has 1 heterocycles. The molecule has 1 amide bonds. The molecule has 1 aromatic carbocycles. The Bertz CT molecular complexity index is 882. The van der Waals surface area contributed by atoms with Crippen LogP contribution in [0.5, 0.6) is 0 Å². The number of benzene rings is 1. The average molecular weight is 521 g/mol. The highest BCUT2D eigenvalue weighted by Crippen LogP contribution is 2.42. The van der Waals surface area contributed by atoms with Crippen molar-refractivity contribution in [2.75, 3.05) is 13.2 Å². The molecule has 3 fully saturated rings. The second kappa shape index (κ2) is 10.9. The molecule has 0 spiro atoms. The molecular weight excluding hydrogens is 486 g/mol. The van der Waals surface area contributed by atoms with Gasteiger partial charge in [0, 0.05) is 37.1 Å². The fourth-order valence-corrected chi connectivity index (χ4v) is 5.97. The van der Waals surface area contributed by atoms with Crippen molar-refractivity contribution in [2.45, 2.75) is 82.9 Å². The fourth-order valence-electron chi connectivity index (χ4n) is 5.97. The van der Waals surface area contributed by atoms with E-state index >= 15 is 0 Å². The summed E-state index contributed by atoms with van der Waals surface area (Å²) in [7, 11) is 0. The molecule has 2 aliphatic carbocycles. The van der Waals surface area contributed by atoms with Crippen LogP contribution in [0.2, 0.25) is 0 Å². The third-order valence-electron chi connectivity index (χ3n) is 7.88. The Labute approximate surface area is 207 Å². The Kier molecular flexibility index (Phi) is 8.24. The van der Waals surface area contributed by atoms with E-state index in [0.717, 1.165) is 32.3 Å². The second-order valence-electron chi connectivity index (χ2n) is 10.6. The van der Waals surface area contributed by atoms with Crippen molar-refractivity contribution in [1.82, 2.24) is 10.6 Å². The molecule has 1 saturated heterocycles. The third kappa shape index (κ3) is 6.73. The van der Waals surface area contributed by atoms with E-state index in [-0.39, 0.29) is 42.0 Å². The van der Waals surface area contributed by atoms with E-state index < -0.39 is 23.5 Å². The predicted molar refractivity (Wildman–Crippen MR) is 122 cm³/mol. The summed E-state index contributed by atoms with van der Waals surface area (Å²) in [5.41, 5.74) is -2.98. The van der Waals surface area contributed by atoms with Gasteiger partial charge in [0.25, 0.3) is 0 Å². The quantitative estimate of drug-likeness (QED) is 0.417. The van der Waals surface area contributed by atoms with Gasteiger partial charge in [-0.15, -0.1) is 0 Å². The lowest BCUT2D eigenvalue weighted by Gasteiger charge is -2.34. The van der Waals surface area contributed by atoms with Crippen molar-refractivity contribution in [1.29, 1.82) is 0 Å². The number of ether oxygens (including phenoxy) is 1. The molecule has 2 N–H and O–H groups in total. The first-order valence-electron chi connectivity index (χ1n) is 12.9. The molecule has 0 bridgehead atoms. The molecule has 3 unspecified atom stereocenters. The Balaban J connectivity index is 1.41. The van der Waals surface area contributed by atoms with Crippen molar-refractivity contribution in [2.24, 2.45) is 23.7 Å². The molecule has 0 aromatic heterocycles. The summed E-state index contributed by atoms with van der Waals surface area (Å²) in [6.45, 7) is 3.13. The molecule has 10 heteroatoms. The van der Waals surface area contributed by atoms with Crippen molar-refractivity contribution in [3.05, 3.63) is 34.9 Å². The highest BCUT2D eigenvalue weighted by Gasteiger charge is 2.43. The van der Waals surface area contributed by atoms with E-state index in [1.165, 1.54) is 12.8 Å². The summed E-state index contributed by atoms with van der Waals surface area (Å²) >= 11 is 0. The molecule has 1 aliphatic heterocycles. The standard InChI is InChI=1S/C26H34F6N2O2/c1-2-3-17-10-20(34-23-6-7-36-14-22(23)16-4-5-16)12-21(17)24(35)33-13-15-8-18(25(27,28)29)11-19(9-15)26(30,31)32/h8-9,11,16-17,20-23,34H,2-7,10,12-14H2,1H3,(H,33,35)/t17?,20-,21-,22?,23?/m1/s1. The normalized spacial score (nSPS) is 29.4. The second-order valence-corrected chi connectivity index (χ2v) is 10.6. The number of carbonyl (C=O) groups excluding carboxylic acids is 1. The summed E-state index contributed by atoms with van der Waals surface area (Å²) in [4.78, 5) is 13.1. The van der Waals surface area contributed by atoms with Crippen LogP contribution >= 0.6 is 0 Å².